The summed E-state index contributed by atoms with van der Waals surface area (Å²) in [4.78, 5) is 24.9. The summed E-state index contributed by atoms with van der Waals surface area (Å²) in [6.07, 6.45) is 3.60. The average molecular weight is 384 g/mol. The van der Waals surface area contributed by atoms with Gasteiger partial charge in [0.25, 0.3) is 0 Å². The smallest absolute Gasteiger partial charge is 0.315 e. The lowest BCUT2D eigenvalue weighted by molar-refractivity contribution is -0.151. The van der Waals surface area contributed by atoms with Crippen molar-refractivity contribution in [3.8, 4) is 11.5 Å². The van der Waals surface area contributed by atoms with Crippen LogP contribution in [-0.4, -0.2) is 66.8 Å². The summed E-state index contributed by atoms with van der Waals surface area (Å²) < 4.78 is 11.1. The van der Waals surface area contributed by atoms with E-state index in [0.717, 1.165) is 11.1 Å². The molecule has 28 heavy (non-hydrogen) atoms. The summed E-state index contributed by atoms with van der Waals surface area (Å²) in [6, 6.07) is 5.61. The molecule has 0 amide bonds. The van der Waals surface area contributed by atoms with Crippen LogP contribution in [0.5, 0.6) is 11.5 Å². The molecule has 1 aromatic heterocycles. The maximum absolute atomic E-state index is 12.2. The number of aliphatic carboxylic acids is 1. The third-order valence-electron chi connectivity index (χ3n) is 5.62. The Labute approximate surface area is 163 Å². The molecule has 2 atom stereocenters. The average Bonchev–Trinajstić information content (AvgIpc) is 3.07. The molecule has 1 aromatic carbocycles. The number of nitrogens with zero attached hydrogens (tertiary/aromatic N) is 4. The fourth-order valence-corrected chi connectivity index (χ4v) is 4.13. The van der Waals surface area contributed by atoms with E-state index in [1.165, 1.54) is 0 Å². The van der Waals surface area contributed by atoms with Crippen LogP contribution in [0, 0.1) is 5.41 Å². The van der Waals surface area contributed by atoms with Gasteiger partial charge in [0.1, 0.15) is 23.5 Å². The number of hydrogen-bond donors (Lipinski definition) is 1. The van der Waals surface area contributed by atoms with Crippen molar-refractivity contribution in [2.75, 3.05) is 45.8 Å². The van der Waals surface area contributed by atoms with Crippen LogP contribution in [0.3, 0.4) is 0 Å². The normalized spacial score (nSPS) is 23.5. The van der Waals surface area contributed by atoms with Gasteiger partial charge < -0.3 is 19.5 Å². The second-order valence-corrected chi connectivity index (χ2v) is 7.66. The van der Waals surface area contributed by atoms with Crippen LogP contribution >= 0.6 is 0 Å². The Bertz CT molecular complexity index is 886. The molecule has 0 bridgehead atoms. The number of hydrogen-bond acceptors (Lipinski definition) is 7. The fraction of sp³-hybridized carbons (Fsp3) is 0.450. The van der Waals surface area contributed by atoms with E-state index in [1.54, 1.807) is 19.5 Å². The summed E-state index contributed by atoms with van der Waals surface area (Å²) in [7, 11) is 5.39. The molecule has 1 N–H and O–H groups in total. The van der Waals surface area contributed by atoms with Crippen molar-refractivity contribution in [2.24, 2.45) is 5.41 Å². The minimum Gasteiger partial charge on any atom is -0.497 e. The van der Waals surface area contributed by atoms with Gasteiger partial charge in [-0.15, -0.1) is 0 Å². The molecule has 148 valence electrons. The van der Waals surface area contributed by atoms with Crippen molar-refractivity contribution in [2.45, 2.75) is 12.5 Å². The molecular formula is C20H24N4O4. The molecular weight excluding hydrogens is 360 g/mol. The highest BCUT2D eigenvalue weighted by Crippen LogP contribution is 2.50. The zero-order valence-corrected chi connectivity index (χ0v) is 16.3. The number of likely N-dealkylation sites (tertiary alicyclic amines) is 1. The van der Waals surface area contributed by atoms with Gasteiger partial charge in [0.2, 0.25) is 5.95 Å². The topological polar surface area (TPSA) is 88.0 Å². The summed E-state index contributed by atoms with van der Waals surface area (Å²) >= 11 is 0. The van der Waals surface area contributed by atoms with E-state index in [2.05, 4.69) is 14.9 Å². The molecule has 0 radical (unpaired) electrons. The molecule has 0 saturated carbocycles. The molecule has 3 heterocycles. The molecule has 2 aromatic rings. The highest BCUT2D eigenvalue weighted by Gasteiger charge is 2.56. The fourth-order valence-electron chi connectivity index (χ4n) is 4.13. The number of methoxy groups -OCH3 is 1. The second kappa shape index (κ2) is 6.94. The van der Waals surface area contributed by atoms with Crippen LogP contribution < -0.4 is 14.4 Å². The number of benzene rings is 1. The summed E-state index contributed by atoms with van der Waals surface area (Å²) in [5.41, 5.74) is 0.934. The summed E-state index contributed by atoms with van der Waals surface area (Å²) in [5, 5.41) is 10.0. The van der Waals surface area contributed by atoms with Gasteiger partial charge in [0, 0.05) is 69.2 Å². The van der Waals surface area contributed by atoms with Gasteiger partial charge in [-0.05, 0) is 6.07 Å². The van der Waals surface area contributed by atoms with Crippen molar-refractivity contribution in [1.29, 1.82) is 0 Å². The molecule has 2 aliphatic heterocycles. The first kappa shape index (κ1) is 18.5. The van der Waals surface area contributed by atoms with Crippen LogP contribution in [0.4, 0.5) is 5.95 Å². The van der Waals surface area contributed by atoms with Crippen molar-refractivity contribution in [1.82, 2.24) is 14.9 Å². The van der Waals surface area contributed by atoms with E-state index >= 15 is 0 Å². The summed E-state index contributed by atoms with van der Waals surface area (Å²) in [5.74, 6) is 1.11. The SMILES string of the molecule is COc1ccc2c(c1)OC[C@]1(C(=O)O)CN(Cc3cnc(N(C)C)nc3)C[C@H]21. The molecule has 1 saturated heterocycles. The number of anilines is 1. The monoisotopic (exact) mass is 384 g/mol. The standard InChI is InChI=1S/C20H24N4O4/c1-23(2)19-21-7-13(8-22-19)9-24-10-16-15-5-4-14(27-3)6-17(15)28-12-20(16,11-24)18(25)26/h4-8,16H,9-12H2,1-3H3,(H,25,26)/t16-,20-/m1/s1. The van der Waals surface area contributed by atoms with E-state index in [4.69, 9.17) is 9.47 Å². The van der Waals surface area contributed by atoms with Crippen molar-refractivity contribution >= 4 is 11.9 Å². The van der Waals surface area contributed by atoms with Gasteiger partial charge in [0.05, 0.1) is 7.11 Å². The number of rotatable bonds is 5. The second-order valence-electron chi connectivity index (χ2n) is 7.66. The van der Waals surface area contributed by atoms with E-state index in [1.807, 2.05) is 37.2 Å². The Morgan fingerprint density at radius 2 is 2.14 bits per heavy atom. The van der Waals surface area contributed by atoms with E-state index in [9.17, 15) is 9.90 Å². The van der Waals surface area contributed by atoms with Gasteiger partial charge >= 0.3 is 5.97 Å². The maximum Gasteiger partial charge on any atom is 0.315 e. The molecule has 0 aliphatic carbocycles. The first-order valence-electron chi connectivity index (χ1n) is 9.17. The number of carboxylic acid groups (broad SMARTS) is 1. The van der Waals surface area contributed by atoms with Gasteiger partial charge in [-0.2, -0.15) is 0 Å². The lowest BCUT2D eigenvalue weighted by Crippen LogP contribution is -2.45. The van der Waals surface area contributed by atoms with Crippen LogP contribution in [0.1, 0.15) is 17.0 Å². The van der Waals surface area contributed by atoms with Gasteiger partial charge in [0.15, 0.2) is 0 Å². The Morgan fingerprint density at radius 1 is 1.39 bits per heavy atom. The van der Waals surface area contributed by atoms with E-state index in [-0.39, 0.29) is 12.5 Å². The summed E-state index contributed by atoms with van der Waals surface area (Å²) in [6.45, 7) is 1.82. The predicted octanol–water partition coefficient (Wildman–Crippen LogP) is 1.61. The zero-order valence-electron chi connectivity index (χ0n) is 16.3. The van der Waals surface area contributed by atoms with E-state index < -0.39 is 11.4 Å². The minimum atomic E-state index is -0.952. The first-order chi connectivity index (χ1) is 13.4. The van der Waals surface area contributed by atoms with Crippen molar-refractivity contribution < 1.29 is 19.4 Å². The van der Waals surface area contributed by atoms with Crippen LogP contribution in [-0.2, 0) is 11.3 Å². The van der Waals surface area contributed by atoms with Crippen molar-refractivity contribution in [3.63, 3.8) is 0 Å². The Balaban J connectivity index is 1.59. The van der Waals surface area contributed by atoms with Gasteiger partial charge in [-0.1, -0.05) is 6.07 Å². The molecule has 8 heteroatoms. The Morgan fingerprint density at radius 3 is 2.79 bits per heavy atom. The maximum atomic E-state index is 12.2. The molecule has 8 nitrogen and oxygen atoms in total. The predicted molar refractivity (Wildman–Crippen MR) is 103 cm³/mol. The zero-order chi connectivity index (χ0) is 19.9. The number of carboxylic acids is 1. The van der Waals surface area contributed by atoms with Gasteiger partial charge in [-0.3, -0.25) is 9.69 Å². The highest BCUT2D eigenvalue weighted by molar-refractivity contribution is 5.78. The molecule has 0 unspecified atom stereocenters. The number of aromatic nitrogens is 2. The van der Waals surface area contributed by atoms with Crippen LogP contribution in [0.15, 0.2) is 30.6 Å². The number of ether oxygens (including phenoxy) is 2. The molecule has 0 spiro atoms. The largest absolute Gasteiger partial charge is 0.497 e. The lowest BCUT2D eigenvalue weighted by atomic mass is 9.73. The highest BCUT2D eigenvalue weighted by atomic mass is 16.5. The quantitative estimate of drug-likeness (QED) is 0.832. The molecule has 1 fully saturated rings. The Hall–Kier alpha value is -2.87. The number of carbonyl (C=O) groups is 1. The van der Waals surface area contributed by atoms with Crippen molar-refractivity contribution in [3.05, 3.63) is 41.7 Å². The minimum absolute atomic E-state index is 0.137. The number of fused-ring (bicyclic) bond motifs is 3. The van der Waals surface area contributed by atoms with Crippen LogP contribution in [0.25, 0.3) is 0 Å². The molecule has 4 rings (SSSR count). The Kier molecular flexibility index (Phi) is 4.58. The van der Waals surface area contributed by atoms with Gasteiger partial charge in [-0.25, -0.2) is 9.97 Å². The molecule has 2 aliphatic rings. The third-order valence-corrected chi connectivity index (χ3v) is 5.62. The third kappa shape index (κ3) is 3.03. The van der Waals surface area contributed by atoms with Crippen LogP contribution in [0.2, 0.25) is 0 Å². The first-order valence-corrected chi connectivity index (χ1v) is 9.17. The lowest BCUT2D eigenvalue weighted by Gasteiger charge is -2.36. The van der Waals surface area contributed by atoms with E-state index in [0.29, 0.717) is 37.1 Å².